The number of carbonyl (C=O) groups excluding carboxylic acids is 6. The number of hydrogen-bond acceptors (Lipinski definition) is 9. The minimum Gasteiger partial charge on any atom is -0.460 e. The minimum absolute atomic E-state index is 0.0441. The van der Waals surface area contributed by atoms with Crippen molar-refractivity contribution in [1.82, 2.24) is 26.3 Å². The molecule has 0 saturated carbocycles. The first-order valence-corrected chi connectivity index (χ1v) is 17.2. The van der Waals surface area contributed by atoms with Gasteiger partial charge in [0.05, 0.1) is 0 Å². The van der Waals surface area contributed by atoms with E-state index < -0.39 is 71.1 Å². The lowest BCUT2D eigenvalue weighted by molar-refractivity contribution is -0.155. The van der Waals surface area contributed by atoms with Crippen LogP contribution in [-0.4, -0.2) is 82.5 Å². The number of hydrogen-bond donors (Lipinski definition) is 5. The Labute approximate surface area is 299 Å². The number of ether oxygens (including phenoxy) is 2. The van der Waals surface area contributed by atoms with Crippen molar-refractivity contribution in [2.75, 3.05) is 6.54 Å². The second kappa shape index (κ2) is 18.3. The van der Waals surface area contributed by atoms with E-state index in [2.05, 4.69) is 16.0 Å². The molecule has 0 radical (unpaired) electrons. The van der Waals surface area contributed by atoms with Gasteiger partial charge in [-0.3, -0.25) is 34.3 Å². The third-order valence-corrected chi connectivity index (χ3v) is 7.85. The average Bonchev–Trinajstić information content (AvgIpc) is 3.56. The molecule has 0 spiro atoms. The molecule has 51 heavy (non-hydrogen) atoms. The quantitative estimate of drug-likeness (QED) is 0.0847. The lowest BCUT2D eigenvalue weighted by atomic mass is 10.0. The fourth-order valence-corrected chi connectivity index (χ4v) is 5.53. The summed E-state index contributed by atoms with van der Waals surface area (Å²) in [4.78, 5) is 80.9. The zero-order valence-electron chi connectivity index (χ0n) is 30.3. The third-order valence-electron chi connectivity index (χ3n) is 7.85. The molecule has 1 fully saturated rings. The number of esters is 1. The SMILES string of the molecule is CC(C)(C)OC(=O)CC[C@H](NC(=O)[C@H](Cc1ccccc1)NC(=O)[C@H](Cc1ccccc1)NC(=O)[C@@H]1CCCN1C(=O)OC(C)(C)C)C(=O)NN. The number of nitrogens with one attached hydrogen (secondary N) is 4. The van der Waals surface area contributed by atoms with Crippen LogP contribution >= 0.6 is 0 Å². The van der Waals surface area contributed by atoms with Crippen LogP contribution in [0.1, 0.15) is 78.4 Å². The van der Waals surface area contributed by atoms with Crippen LogP contribution in [0.15, 0.2) is 60.7 Å². The number of carbonyl (C=O) groups is 6. The fraction of sp³-hybridized carbons (Fsp3) is 0.514. The number of amides is 5. The molecule has 1 saturated heterocycles. The smallest absolute Gasteiger partial charge is 0.410 e. The first-order chi connectivity index (χ1) is 24.0. The van der Waals surface area contributed by atoms with Gasteiger partial charge in [0.15, 0.2) is 0 Å². The molecule has 0 aliphatic carbocycles. The highest BCUT2D eigenvalue weighted by atomic mass is 16.6. The molecular weight excluding hydrogens is 656 g/mol. The van der Waals surface area contributed by atoms with Crippen molar-refractivity contribution in [3.8, 4) is 0 Å². The van der Waals surface area contributed by atoms with E-state index >= 15 is 0 Å². The van der Waals surface area contributed by atoms with Gasteiger partial charge in [0.1, 0.15) is 35.4 Å². The Kier molecular flexibility index (Phi) is 14.5. The summed E-state index contributed by atoms with van der Waals surface area (Å²) in [6, 6.07) is 13.6. The van der Waals surface area contributed by atoms with Crippen LogP contribution in [0.4, 0.5) is 4.79 Å². The number of likely N-dealkylation sites (tertiary alicyclic amines) is 1. The summed E-state index contributed by atoms with van der Waals surface area (Å²) in [5.41, 5.74) is 1.98. The number of hydrazine groups is 1. The largest absolute Gasteiger partial charge is 0.460 e. The molecule has 2 aromatic rings. The molecule has 1 heterocycles. The topological polar surface area (TPSA) is 198 Å². The molecule has 0 unspecified atom stereocenters. The molecule has 5 amide bonds. The Balaban J connectivity index is 1.85. The summed E-state index contributed by atoms with van der Waals surface area (Å²) in [5, 5.41) is 8.22. The number of benzene rings is 2. The van der Waals surface area contributed by atoms with Crippen molar-refractivity contribution < 1.29 is 38.2 Å². The average molecular weight is 709 g/mol. The van der Waals surface area contributed by atoms with Gasteiger partial charge in [0, 0.05) is 25.8 Å². The molecule has 0 bridgehead atoms. The van der Waals surface area contributed by atoms with Crippen LogP contribution in [0.5, 0.6) is 0 Å². The maximum atomic E-state index is 14.1. The van der Waals surface area contributed by atoms with Crippen LogP contribution in [0.3, 0.4) is 0 Å². The Hall–Kier alpha value is -4.98. The predicted octanol–water partition coefficient (Wildman–Crippen LogP) is 2.44. The molecule has 0 aromatic heterocycles. The van der Waals surface area contributed by atoms with E-state index in [9.17, 15) is 28.8 Å². The van der Waals surface area contributed by atoms with Crippen molar-refractivity contribution in [3.63, 3.8) is 0 Å². The Morgan fingerprint density at radius 2 is 1.22 bits per heavy atom. The molecule has 3 rings (SSSR count). The lowest BCUT2D eigenvalue weighted by Crippen LogP contribution is -2.59. The van der Waals surface area contributed by atoms with E-state index in [1.54, 1.807) is 77.9 Å². The van der Waals surface area contributed by atoms with Crippen LogP contribution in [0.2, 0.25) is 0 Å². The van der Waals surface area contributed by atoms with E-state index in [1.807, 2.05) is 29.7 Å². The number of rotatable bonds is 14. The molecule has 278 valence electrons. The molecule has 14 heteroatoms. The van der Waals surface area contributed by atoms with Gasteiger partial charge in [-0.05, 0) is 71.9 Å². The number of nitrogens with two attached hydrogens (primary N) is 1. The Morgan fingerprint density at radius 3 is 1.71 bits per heavy atom. The zero-order valence-corrected chi connectivity index (χ0v) is 30.3. The van der Waals surface area contributed by atoms with Crippen LogP contribution in [-0.2, 0) is 46.3 Å². The molecular formula is C37H52N6O8. The monoisotopic (exact) mass is 708 g/mol. The Morgan fingerprint density at radius 1 is 0.725 bits per heavy atom. The van der Waals surface area contributed by atoms with Gasteiger partial charge in [-0.25, -0.2) is 10.6 Å². The minimum atomic E-state index is -1.22. The van der Waals surface area contributed by atoms with E-state index in [0.29, 0.717) is 24.9 Å². The lowest BCUT2D eigenvalue weighted by Gasteiger charge is -2.29. The van der Waals surface area contributed by atoms with Crippen molar-refractivity contribution in [1.29, 1.82) is 0 Å². The third kappa shape index (κ3) is 13.7. The van der Waals surface area contributed by atoms with E-state index in [4.69, 9.17) is 15.3 Å². The van der Waals surface area contributed by atoms with Crippen molar-refractivity contribution in [2.24, 2.45) is 5.84 Å². The van der Waals surface area contributed by atoms with Crippen LogP contribution < -0.4 is 27.2 Å². The first kappa shape index (κ1) is 40.4. The maximum Gasteiger partial charge on any atom is 0.410 e. The van der Waals surface area contributed by atoms with Gasteiger partial charge in [-0.1, -0.05) is 60.7 Å². The highest BCUT2D eigenvalue weighted by Crippen LogP contribution is 2.21. The van der Waals surface area contributed by atoms with Crippen LogP contribution in [0.25, 0.3) is 0 Å². The summed E-state index contributed by atoms with van der Waals surface area (Å²) in [5.74, 6) is 2.21. The van der Waals surface area contributed by atoms with Crippen molar-refractivity contribution in [2.45, 2.75) is 115 Å². The number of nitrogens with zero attached hydrogens (tertiary/aromatic N) is 1. The molecule has 1 aliphatic rings. The predicted molar refractivity (Wildman–Crippen MR) is 189 cm³/mol. The van der Waals surface area contributed by atoms with E-state index in [1.165, 1.54) is 4.90 Å². The summed E-state index contributed by atoms with van der Waals surface area (Å²) in [7, 11) is 0. The van der Waals surface area contributed by atoms with Crippen molar-refractivity contribution >= 4 is 35.7 Å². The van der Waals surface area contributed by atoms with Gasteiger partial charge >= 0.3 is 12.1 Å². The van der Waals surface area contributed by atoms with Gasteiger partial charge in [0.2, 0.25) is 17.7 Å². The normalized spacial score (nSPS) is 16.2. The molecule has 1 aliphatic heterocycles. The van der Waals surface area contributed by atoms with E-state index in [-0.39, 0.29) is 25.7 Å². The Bertz CT molecular complexity index is 1510. The summed E-state index contributed by atoms with van der Waals surface area (Å²) < 4.78 is 10.9. The highest BCUT2D eigenvalue weighted by Gasteiger charge is 2.38. The van der Waals surface area contributed by atoms with Crippen molar-refractivity contribution in [3.05, 3.63) is 71.8 Å². The zero-order chi connectivity index (χ0) is 37.8. The highest BCUT2D eigenvalue weighted by molar-refractivity contribution is 5.95. The van der Waals surface area contributed by atoms with Gasteiger partial charge in [-0.2, -0.15) is 0 Å². The summed E-state index contributed by atoms with van der Waals surface area (Å²) >= 11 is 0. The maximum absolute atomic E-state index is 14.1. The summed E-state index contributed by atoms with van der Waals surface area (Å²) in [6.07, 6.45) is 0.186. The standard InChI is InChI=1S/C37H52N6O8/c1-36(2,3)50-30(44)20-19-26(33(47)42-38)39-31(45)27(22-24-14-9-7-10-15-24)40-32(46)28(23-25-16-11-8-12-17-25)41-34(48)29-18-13-21-43(29)35(49)51-37(4,5)6/h7-12,14-17,26-29H,13,18-23,38H2,1-6H3,(H,39,45)(H,40,46)(H,41,48)(H,42,47)/t26-,27-,28-,29-/m0/s1. The van der Waals surface area contributed by atoms with Gasteiger partial charge < -0.3 is 25.4 Å². The second-order valence-electron chi connectivity index (χ2n) is 14.5. The van der Waals surface area contributed by atoms with Gasteiger partial charge in [-0.15, -0.1) is 0 Å². The fourth-order valence-electron chi connectivity index (χ4n) is 5.53. The molecule has 2 aromatic carbocycles. The molecule has 4 atom stereocenters. The van der Waals surface area contributed by atoms with E-state index in [0.717, 1.165) is 5.56 Å². The summed E-state index contributed by atoms with van der Waals surface area (Å²) in [6.45, 7) is 10.7. The first-order valence-electron chi connectivity index (χ1n) is 17.2. The van der Waals surface area contributed by atoms with Crippen LogP contribution in [0, 0.1) is 0 Å². The molecule has 14 nitrogen and oxygen atoms in total. The molecule has 6 N–H and O–H groups in total. The van der Waals surface area contributed by atoms with Gasteiger partial charge in [0.25, 0.3) is 5.91 Å². The second-order valence-corrected chi connectivity index (χ2v) is 14.5.